The molecule has 0 saturated carbocycles. The van der Waals surface area contributed by atoms with Crippen LogP contribution in [-0.2, 0) is 6.61 Å². The second-order valence-corrected chi connectivity index (χ2v) is 6.25. The van der Waals surface area contributed by atoms with E-state index < -0.39 is 0 Å². The highest BCUT2D eigenvalue weighted by Crippen LogP contribution is 2.24. The van der Waals surface area contributed by atoms with E-state index in [9.17, 15) is 4.79 Å². The first-order valence-electron chi connectivity index (χ1n) is 8.75. The zero-order chi connectivity index (χ0) is 18.6. The third-order valence-electron chi connectivity index (χ3n) is 4.23. The molecule has 0 aliphatic rings. The summed E-state index contributed by atoms with van der Waals surface area (Å²) >= 11 is 0. The Balaban J connectivity index is 1.38. The van der Waals surface area contributed by atoms with E-state index in [-0.39, 0.29) is 24.3 Å². The fourth-order valence-electron chi connectivity index (χ4n) is 2.80. The topological polar surface area (TPSA) is 64.6 Å². The van der Waals surface area contributed by atoms with Gasteiger partial charge in [0.15, 0.2) is 5.76 Å². The summed E-state index contributed by atoms with van der Waals surface area (Å²) in [5.74, 6) is 1.97. The van der Waals surface area contributed by atoms with E-state index in [1.807, 2.05) is 67.6 Å². The number of rotatable bonds is 6. The summed E-state index contributed by atoms with van der Waals surface area (Å²) in [4.78, 5) is 12.4. The van der Waals surface area contributed by atoms with Crippen LogP contribution in [0.4, 0.5) is 0 Å². The fraction of sp³-hybridized carbons (Fsp3) is 0.136. The van der Waals surface area contributed by atoms with Gasteiger partial charge >= 0.3 is 0 Å². The summed E-state index contributed by atoms with van der Waals surface area (Å²) in [6.07, 6.45) is 0. The van der Waals surface area contributed by atoms with Crippen LogP contribution in [0.15, 0.2) is 81.6 Å². The first-order chi connectivity index (χ1) is 13.2. The predicted octanol–water partition coefficient (Wildman–Crippen LogP) is 5.10. The first-order valence-corrected chi connectivity index (χ1v) is 8.75. The molecule has 0 spiro atoms. The number of furan rings is 2. The fourth-order valence-corrected chi connectivity index (χ4v) is 2.80. The van der Waals surface area contributed by atoms with Crippen LogP contribution in [0.2, 0.25) is 0 Å². The van der Waals surface area contributed by atoms with Gasteiger partial charge in [0.25, 0.3) is 5.91 Å². The van der Waals surface area contributed by atoms with E-state index in [0.717, 1.165) is 16.7 Å². The van der Waals surface area contributed by atoms with Crippen LogP contribution in [0, 0.1) is 0 Å². The van der Waals surface area contributed by atoms with E-state index in [4.69, 9.17) is 13.6 Å². The second-order valence-electron chi connectivity index (χ2n) is 6.25. The Bertz CT molecular complexity index is 1020. The average molecular weight is 361 g/mol. The van der Waals surface area contributed by atoms with Crippen LogP contribution in [-0.4, -0.2) is 5.91 Å². The van der Waals surface area contributed by atoms with Gasteiger partial charge in [-0.3, -0.25) is 4.79 Å². The van der Waals surface area contributed by atoms with Crippen LogP contribution in [0.25, 0.3) is 11.0 Å². The molecule has 0 saturated heterocycles. The van der Waals surface area contributed by atoms with Crippen molar-refractivity contribution >= 4 is 16.9 Å². The van der Waals surface area contributed by atoms with E-state index in [1.54, 1.807) is 12.1 Å². The molecule has 4 rings (SSSR count). The first kappa shape index (κ1) is 17.0. The van der Waals surface area contributed by atoms with Gasteiger partial charge in [-0.25, -0.2) is 0 Å². The SMILES string of the molecule is C[C@@H](NC(=O)c1ccc(COc2ccccc2)o1)c1cc2ccccc2o1. The molecule has 1 atom stereocenters. The Morgan fingerprint density at radius 1 is 1.00 bits per heavy atom. The molecular weight excluding hydrogens is 342 g/mol. The summed E-state index contributed by atoms with van der Waals surface area (Å²) in [5, 5.41) is 3.90. The third-order valence-corrected chi connectivity index (χ3v) is 4.23. The molecule has 136 valence electrons. The lowest BCUT2D eigenvalue weighted by Crippen LogP contribution is -2.25. The van der Waals surface area contributed by atoms with Gasteiger partial charge in [0.1, 0.15) is 29.5 Å². The molecule has 0 aliphatic carbocycles. The molecule has 27 heavy (non-hydrogen) atoms. The smallest absolute Gasteiger partial charge is 0.287 e. The van der Waals surface area contributed by atoms with Crippen molar-refractivity contribution in [2.45, 2.75) is 19.6 Å². The Kier molecular flexibility index (Phi) is 4.66. The van der Waals surface area contributed by atoms with E-state index >= 15 is 0 Å². The molecule has 1 N–H and O–H groups in total. The molecule has 2 aromatic heterocycles. The number of fused-ring (bicyclic) bond motifs is 1. The normalized spacial score (nSPS) is 12.0. The minimum Gasteiger partial charge on any atom is -0.486 e. The minimum atomic E-state index is -0.297. The Labute approximate surface area is 156 Å². The molecular formula is C22H19NO4. The number of para-hydroxylation sites is 2. The lowest BCUT2D eigenvalue weighted by Gasteiger charge is -2.09. The highest BCUT2D eigenvalue weighted by molar-refractivity contribution is 5.91. The summed E-state index contributed by atoms with van der Waals surface area (Å²) in [5.41, 5.74) is 0.798. The highest BCUT2D eigenvalue weighted by Gasteiger charge is 2.18. The molecule has 0 bridgehead atoms. The molecule has 2 heterocycles. The lowest BCUT2D eigenvalue weighted by atomic mass is 10.2. The molecule has 5 nitrogen and oxygen atoms in total. The van der Waals surface area contributed by atoms with Crippen LogP contribution in [0.1, 0.15) is 35.0 Å². The monoisotopic (exact) mass is 361 g/mol. The Morgan fingerprint density at radius 3 is 2.59 bits per heavy atom. The van der Waals surface area contributed by atoms with E-state index in [0.29, 0.717) is 11.5 Å². The number of carbonyl (C=O) groups is 1. The maximum Gasteiger partial charge on any atom is 0.287 e. The number of benzene rings is 2. The van der Waals surface area contributed by atoms with Gasteiger partial charge in [0.05, 0.1) is 6.04 Å². The van der Waals surface area contributed by atoms with Crippen molar-refractivity contribution < 1.29 is 18.4 Å². The maximum atomic E-state index is 12.4. The van der Waals surface area contributed by atoms with Gasteiger partial charge in [-0.15, -0.1) is 0 Å². The Morgan fingerprint density at radius 2 is 1.78 bits per heavy atom. The highest BCUT2D eigenvalue weighted by atomic mass is 16.5. The van der Waals surface area contributed by atoms with Crippen LogP contribution < -0.4 is 10.1 Å². The van der Waals surface area contributed by atoms with Crippen molar-refractivity contribution in [3.8, 4) is 5.75 Å². The molecule has 2 aromatic carbocycles. The van der Waals surface area contributed by atoms with Gasteiger partial charge in [-0.05, 0) is 43.3 Å². The number of hydrogen-bond donors (Lipinski definition) is 1. The van der Waals surface area contributed by atoms with Crippen molar-refractivity contribution in [1.82, 2.24) is 5.32 Å². The molecule has 4 aromatic rings. The number of hydrogen-bond acceptors (Lipinski definition) is 4. The van der Waals surface area contributed by atoms with Gasteiger partial charge in [0.2, 0.25) is 0 Å². The summed E-state index contributed by atoms with van der Waals surface area (Å²) in [6.45, 7) is 2.13. The molecule has 0 fully saturated rings. The zero-order valence-electron chi connectivity index (χ0n) is 14.8. The van der Waals surface area contributed by atoms with E-state index in [2.05, 4.69) is 5.32 Å². The van der Waals surface area contributed by atoms with Gasteiger partial charge < -0.3 is 18.9 Å². The average Bonchev–Trinajstić information content (AvgIpc) is 3.34. The summed E-state index contributed by atoms with van der Waals surface area (Å²) in [6, 6.07) is 22.2. The van der Waals surface area contributed by atoms with Crippen molar-refractivity contribution in [2.24, 2.45) is 0 Å². The molecule has 0 unspecified atom stereocenters. The molecule has 0 radical (unpaired) electrons. The third kappa shape index (κ3) is 3.87. The van der Waals surface area contributed by atoms with Crippen molar-refractivity contribution in [1.29, 1.82) is 0 Å². The predicted molar refractivity (Wildman–Crippen MR) is 102 cm³/mol. The van der Waals surface area contributed by atoms with Crippen molar-refractivity contribution in [2.75, 3.05) is 0 Å². The van der Waals surface area contributed by atoms with E-state index in [1.165, 1.54) is 0 Å². The number of amides is 1. The zero-order valence-corrected chi connectivity index (χ0v) is 14.8. The van der Waals surface area contributed by atoms with Gasteiger partial charge in [0, 0.05) is 5.39 Å². The second kappa shape index (κ2) is 7.41. The quantitative estimate of drug-likeness (QED) is 0.519. The van der Waals surface area contributed by atoms with Crippen LogP contribution in [0.3, 0.4) is 0 Å². The lowest BCUT2D eigenvalue weighted by molar-refractivity contribution is 0.0903. The molecule has 5 heteroatoms. The van der Waals surface area contributed by atoms with Crippen molar-refractivity contribution in [3.63, 3.8) is 0 Å². The standard InChI is InChI=1S/C22H19NO4/c1-15(21-13-16-7-5-6-10-19(16)27-21)23-22(24)20-12-11-18(26-20)14-25-17-8-3-2-4-9-17/h2-13,15H,14H2,1H3,(H,23,24)/t15-/m1/s1. The summed E-state index contributed by atoms with van der Waals surface area (Å²) < 4.78 is 17.0. The number of carbonyl (C=O) groups excluding carboxylic acids is 1. The number of nitrogens with one attached hydrogen (secondary N) is 1. The van der Waals surface area contributed by atoms with Crippen molar-refractivity contribution in [3.05, 3.63) is 90.1 Å². The minimum absolute atomic E-state index is 0.240. The Hall–Kier alpha value is -3.47. The van der Waals surface area contributed by atoms with Crippen LogP contribution in [0.5, 0.6) is 5.75 Å². The summed E-state index contributed by atoms with van der Waals surface area (Å²) in [7, 11) is 0. The van der Waals surface area contributed by atoms with Crippen LogP contribution >= 0.6 is 0 Å². The molecule has 0 aliphatic heterocycles. The molecule has 1 amide bonds. The van der Waals surface area contributed by atoms with Gasteiger partial charge in [-0.2, -0.15) is 0 Å². The largest absolute Gasteiger partial charge is 0.486 e. The maximum absolute atomic E-state index is 12.4. The van der Waals surface area contributed by atoms with Gasteiger partial charge in [-0.1, -0.05) is 36.4 Å². The number of ether oxygens (including phenoxy) is 1.